The number of nitrogens with zero attached hydrogens (tertiary/aromatic N) is 2. The molecule has 0 radical (unpaired) electrons. The third-order valence-electron chi connectivity index (χ3n) is 3.64. The Balaban J connectivity index is 2.11. The van der Waals surface area contributed by atoms with Crippen molar-refractivity contribution in [3.05, 3.63) is 28.8 Å². The first-order valence-corrected chi connectivity index (χ1v) is 7.86. The number of hydrogen-bond acceptors (Lipinski definition) is 4. The van der Waals surface area contributed by atoms with E-state index in [0.717, 1.165) is 0 Å². The monoisotopic (exact) mass is 310 g/mol. The molecule has 1 amide bonds. The summed E-state index contributed by atoms with van der Waals surface area (Å²) in [6, 6.07) is 6.82. The molecule has 0 saturated carbocycles. The van der Waals surface area contributed by atoms with Crippen LogP contribution in [0.25, 0.3) is 0 Å². The molecule has 1 aromatic rings. The van der Waals surface area contributed by atoms with Crippen molar-refractivity contribution in [1.29, 1.82) is 5.26 Å². The highest BCUT2D eigenvalue weighted by atomic mass is 35.5. The van der Waals surface area contributed by atoms with E-state index in [2.05, 4.69) is 6.07 Å². The van der Waals surface area contributed by atoms with Gasteiger partial charge in [0.1, 0.15) is 10.5 Å². The number of thioether (sulfide) groups is 1. The van der Waals surface area contributed by atoms with Gasteiger partial charge in [-0.05, 0) is 37.3 Å². The van der Waals surface area contributed by atoms with Crippen molar-refractivity contribution in [2.24, 2.45) is 0 Å². The number of rotatable bonds is 2. The molecule has 2 rings (SSSR count). The molecular weight excluding hydrogens is 296 g/mol. The van der Waals surface area contributed by atoms with Gasteiger partial charge >= 0.3 is 0 Å². The lowest BCUT2D eigenvalue weighted by Gasteiger charge is -2.36. The fourth-order valence-electron chi connectivity index (χ4n) is 2.29. The van der Waals surface area contributed by atoms with Crippen LogP contribution in [0.4, 0.5) is 0 Å². The molecule has 4 nitrogen and oxygen atoms in total. The average molecular weight is 311 g/mol. The topological polar surface area (TPSA) is 64.3 Å². The third-order valence-corrected chi connectivity index (χ3v) is 5.16. The van der Waals surface area contributed by atoms with Gasteiger partial charge in [0.15, 0.2) is 0 Å². The van der Waals surface area contributed by atoms with Gasteiger partial charge in [-0.25, -0.2) is 0 Å². The van der Waals surface area contributed by atoms with Gasteiger partial charge in [-0.15, -0.1) is 11.8 Å². The van der Waals surface area contributed by atoms with Crippen molar-refractivity contribution in [2.45, 2.75) is 17.6 Å². The van der Waals surface area contributed by atoms with Crippen molar-refractivity contribution in [1.82, 2.24) is 4.90 Å². The summed E-state index contributed by atoms with van der Waals surface area (Å²) in [4.78, 5) is 14.0. The Kier molecular flexibility index (Phi) is 4.46. The first-order chi connectivity index (χ1) is 9.51. The SMILES string of the molecule is CSC1(C#N)CCN(C(=O)c2ccc(Cl)cc2O)CC1. The van der Waals surface area contributed by atoms with E-state index in [9.17, 15) is 15.2 Å². The van der Waals surface area contributed by atoms with Gasteiger partial charge < -0.3 is 10.0 Å². The predicted octanol–water partition coefficient (Wildman–Crippen LogP) is 2.91. The van der Waals surface area contributed by atoms with Crippen LogP contribution in [0.3, 0.4) is 0 Å². The second-order valence-electron chi connectivity index (χ2n) is 4.76. The lowest BCUT2D eigenvalue weighted by Crippen LogP contribution is -2.44. The van der Waals surface area contributed by atoms with Gasteiger partial charge in [0, 0.05) is 18.1 Å². The third kappa shape index (κ3) is 2.87. The number of halogens is 1. The van der Waals surface area contributed by atoms with Crippen LogP contribution in [0.2, 0.25) is 5.02 Å². The number of hydrogen-bond donors (Lipinski definition) is 1. The zero-order valence-corrected chi connectivity index (χ0v) is 12.7. The molecule has 0 aliphatic carbocycles. The fraction of sp³-hybridized carbons (Fsp3) is 0.429. The average Bonchev–Trinajstić information content (AvgIpc) is 2.47. The van der Waals surface area contributed by atoms with Gasteiger partial charge in [-0.1, -0.05) is 11.6 Å². The van der Waals surface area contributed by atoms with E-state index in [0.29, 0.717) is 31.0 Å². The van der Waals surface area contributed by atoms with Crippen LogP contribution in [0.1, 0.15) is 23.2 Å². The van der Waals surface area contributed by atoms with Crippen molar-refractivity contribution in [3.63, 3.8) is 0 Å². The van der Waals surface area contributed by atoms with E-state index >= 15 is 0 Å². The molecule has 1 fully saturated rings. The van der Waals surface area contributed by atoms with E-state index in [1.165, 1.54) is 12.1 Å². The smallest absolute Gasteiger partial charge is 0.257 e. The fourth-order valence-corrected chi connectivity index (χ4v) is 3.14. The molecule has 0 bridgehead atoms. The number of carbonyl (C=O) groups is 1. The molecule has 0 unspecified atom stereocenters. The summed E-state index contributed by atoms with van der Waals surface area (Å²) in [5, 5.41) is 19.4. The zero-order chi connectivity index (χ0) is 14.8. The van der Waals surface area contributed by atoms with E-state index in [1.807, 2.05) is 6.26 Å². The Morgan fingerprint density at radius 2 is 2.15 bits per heavy atom. The highest BCUT2D eigenvalue weighted by Crippen LogP contribution is 2.34. The predicted molar refractivity (Wildman–Crippen MR) is 80.1 cm³/mol. The quantitative estimate of drug-likeness (QED) is 0.912. The van der Waals surface area contributed by atoms with Crippen LogP contribution in [-0.2, 0) is 0 Å². The molecular formula is C14H15ClN2O2S. The second kappa shape index (κ2) is 5.94. The Morgan fingerprint density at radius 1 is 1.50 bits per heavy atom. The van der Waals surface area contributed by atoms with E-state index in [4.69, 9.17) is 11.6 Å². The van der Waals surface area contributed by atoms with Gasteiger partial charge in [-0.2, -0.15) is 5.26 Å². The number of phenolic OH excluding ortho intramolecular Hbond substituents is 1. The summed E-state index contributed by atoms with van der Waals surface area (Å²) in [5.41, 5.74) is 0.253. The van der Waals surface area contributed by atoms with E-state index in [1.54, 1.807) is 22.7 Å². The summed E-state index contributed by atoms with van der Waals surface area (Å²) in [6.07, 6.45) is 3.21. The van der Waals surface area contributed by atoms with Crippen LogP contribution in [-0.4, -0.2) is 40.0 Å². The number of aromatic hydroxyl groups is 1. The minimum atomic E-state index is -0.390. The summed E-state index contributed by atoms with van der Waals surface area (Å²) in [6.45, 7) is 1.05. The van der Waals surface area contributed by atoms with Gasteiger partial charge in [0.05, 0.1) is 11.6 Å². The number of nitriles is 1. The minimum Gasteiger partial charge on any atom is -0.507 e. The van der Waals surface area contributed by atoms with Crippen molar-refractivity contribution in [3.8, 4) is 11.8 Å². The van der Waals surface area contributed by atoms with Crippen LogP contribution >= 0.6 is 23.4 Å². The van der Waals surface area contributed by atoms with Gasteiger partial charge in [0.25, 0.3) is 5.91 Å². The molecule has 0 atom stereocenters. The lowest BCUT2D eigenvalue weighted by molar-refractivity contribution is 0.0713. The number of phenols is 1. The molecule has 6 heteroatoms. The molecule has 1 heterocycles. The number of carbonyl (C=O) groups excluding carboxylic acids is 1. The molecule has 20 heavy (non-hydrogen) atoms. The number of piperidine rings is 1. The molecule has 1 saturated heterocycles. The molecule has 106 valence electrons. The highest BCUT2D eigenvalue weighted by Gasteiger charge is 2.35. The number of amides is 1. The standard InChI is InChI=1S/C14H15ClN2O2S/c1-20-14(9-16)4-6-17(7-5-14)13(19)11-3-2-10(15)8-12(11)18/h2-3,8,18H,4-7H2,1H3. The Morgan fingerprint density at radius 3 is 2.65 bits per heavy atom. The van der Waals surface area contributed by atoms with E-state index in [-0.39, 0.29) is 17.2 Å². The van der Waals surface area contributed by atoms with Crippen molar-refractivity contribution in [2.75, 3.05) is 19.3 Å². The Hall–Kier alpha value is -1.38. The molecule has 0 spiro atoms. The Bertz CT molecular complexity index is 563. The first kappa shape index (κ1) is 15.0. The minimum absolute atomic E-state index is 0.107. The molecule has 0 aromatic heterocycles. The molecule has 1 aliphatic heterocycles. The maximum absolute atomic E-state index is 12.4. The van der Waals surface area contributed by atoms with E-state index < -0.39 is 4.75 Å². The summed E-state index contributed by atoms with van der Waals surface area (Å²) in [5.74, 6) is -0.323. The molecule has 1 N–H and O–H groups in total. The summed E-state index contributed by atoms with van der Waals surface area (Å²) < 4.78 is -0.390. The van der Waals surface area contributed by atoms with Crippen LogP contribution < -0.4 is 0 Å². The maximum atomic E-state index is 12.4. The highest BCUT2D eigenvalue weighted by molar-refractivity contribution is 8.00. The Labute approximate surface area is 127 Å². The summed E-state index contributed by atoms with van der Waals surface area (Å²) >= 11 is 7.30. The second-order valence-corrected chi connectivity index (χ2v) is 6.39. The maximum Gasteiger partial charge on any atom is 0.257 e. The molecule has 1 aliphatic rings. The largest absolute Gasteiger partial charge is 0.507 e. The van der Waals surface area contributed by atoms with Crippen LogP contribution in [0.15, 0.2) is 18.2 Å². The lowest BCUT2D eigenvalue weighted by atomic mass is 9.96. The van der Waals surface area contributed by atoms with Crippen molar-refractivity contribution >= 4 is 29.3 Å². The van der Waals surface area contributed by atoms with Gasteiger partial charge in [0.2, 0.25) is 0 Å². The zero-order valence-electron chi connectivity index (χ0n) is 11.1. The summed E-state index contributed by atoms with van der Waals surface area (Å²) in [7, 11) is 0. The van der Waals surface area contributed by atoms with Crippen LogP contribution in [0.5, 0.6) is 5.75 Å². The van der Waals surface area contributed by atoms with Gasteiger partial charge in [-0.3, -0.25) is 4.79 Å². The molecule has 1 aromatic carbocycles. The number of benzene rings is 1. The first-order valence-electron chi connectivity index (χ1n) is 6.25. The van der Waals surface area contributed by atoms with Crippen molar-refractivity contribution < 1.29 is 9.90 Å². The normalized spacial score (nSPS) is 17.6. The number of likely N-dealkylation sites (tertiary alicyclic amines) is 1. The van der Waals surface area contributed by atoms with Crippen LogP contribution in [0, 0.1) is 11.3 Å².